The molecule has 0 saturated heterocycles. The van der Waals surface area contributed by atoms with Gasteiger partial charge in [0, 0.05) is 30.7 Å². The Morgan fingerprint density at radius 3 is 2.30 bits per heavy atom. The summed E-state index contributed by atoms with van der Waals surface area (Å²) >= 11 is 0. The molecule has 0 bridgehead atoms. The van der Waals surface area contributed by atoms with Crippen molar-refractivity contribution in [3.8, 4) is 0 Å². The van der Waals surface area contributed by atoms with Crippen molar-refractivity contribution in [2.45, 2.75) is 40.3 Å². The van der Waals surface area contributed by atoms with Crippen LogP contribution in [0.2, 0.25) is 0 Å². The molecule has 0 atom stereocenters. The van der Waals surface area contributed by atoms with Crippen LogP contribution in [0.5, 0.6) is 0 Å². The first-order valence-corrected chi connectivity index (χ1v) is 7.38. The van der Waals surface area contributed by atoms with Gasteiger partial charge in [0.05, 0.1) is 0 Å². The number of pyridine rings is 1. The third-order valence-electron chi connectivity index (χ3n) is 3.53. The van der Waals surface area contributed by atoms with E-state index in [1.54, 1.807) is 0 Å². The van der Waals surface area contributed by atoms with Crippen LogP contribution in [0.4, 0.5) is 5.82 Å². The first kappa shape index (κ1) is 14.8. The number of hydrogen-bond acceptors (Lipinski definition) is 3. The van der Waals surface area contributed by atoms with Crippen LogP contribution >= 0.6 is 0 Å². The molecule has 2 aromatic rings. The van der Waals surface area contributed by atoms with Gasteiger partial charge in [-0.1, -0.05) is 38.1 Å². The van der Waals surface area contributed by atoms with E-state index in [2.05, 4.69) is 56.9 Å². The minimum atomic E-state index is 0.428. The number of rotatable bonds is 5. The van der Waals surface area contributed by atoms with E-state index in [4.69, 9.17) is 10.7 Å². The Balaban J connectivity index is 2.58. The molecule has 0 saturated carbocycles. The zero-order chi connectivity index (χ0) is 14.7. The molecule has 0 fully saturated rings. The average Bonchev–Trinajstić information content (AvgIpc) is 2.43. The van der Waals surface area contributed by atoms with E-state index in [0.29, 0.717) is 18.5 Å². The smallest absolute Gasteiger partial charge is 0.136 e. The standard InChI is InChI=1S/C17H25N3/c1-12(2)11-20(13(3)4)17-16-8-6-5-7-15(16)14(9-18)10-19-17/h5-8,10,12-13H,9,11,18H2,1-4H3. The Labute approximate surface area is 121 Å². The Hall–Kier alpha value is -1.61. The van der Waals surface area contributed by atoms with Crippen LogP contribution in [0.1, 0.15) is 33.3 Å². The molecule has 1 aromatic heterocycles. The number of anilines is 1. The normalized spacial score (nSPS) is 11.6. The molecule has 2 N–H and O–H groups in total. The van der Waals surface area contributed by atoms with Crippen LogP contribution in [-0.2, 0) is 6.54 Å². The fraction of sp³-hybridized carbons (Fsp3) is 0.471. The summed E-state index contributed by atoms with van der Waals surface area (Å²) in [6.45, 7) is 10.5. The third-order valence-corrected chi connectivity index (χ3v) is 3.53. The Bertz CT molecular complexity index is 575. The van der Waals surface area contributed by atoms with Gasteiger partial charge in [-0.15, -0.1) is 0 Å². The first-order valence-electron chi connectivity index (χ1n) is 7.38. The molecule has 20 heavy (non-hydrogen) atoms. The van der Waals surface area contributed by atoms with Gasteiger partial charge in [0.25, 0.3) is 0 Å². The quantitative estimate of drug-likeness (QED) is 0.904. The highest BCUT2D eigenvalue weighted by molar-refractivity contribution is 5.94. The van der Waals surface area contributed by atoms with Crippen LogP contribution in [0, 0.1) is 5.92 Å². The lowest BCUT2D eigenvalue weighted by Gasteiger charge is -2.31. The molecule has 0 aliphatic heterocycles. The largest absolute Gasteiger partial charge is 0.353 e. The van der Waals surface area contributed by atoms with Crippen molar-refractivity contribution in [3.63, 3.8) is 0 Å². The second kappa shape index (κ2) is 6.23. The molecular formula is C17H25N3. The topological polar surface area (TPSA) is 42.2 Å². The van der Waals surface area contributed by atoms with Crippen LogP contribution < -0.4 is 10.6 Å². The van der Waals surface area contributed by atoms with Gasteiger partial charge < -0.3 is 10.6 Å². The van der Waals surface area contributed by atoms with Gasteiger partial charge >= 0.3 is 0 Å². The molecule has 0 unspecified atom stereocenters. The third kappa shape index (κ3) is 2.93. The SMILES string of the molecule is CC(C)CN(c1ncc(CN)c2ccccc12)C(C)C. The number of benzene rings is 1. The van der Waals surface area contributed by atoms with E-state index in [1.165, 1.54) is 10.8 Å². The fourth-order valence-electron chi connectivity index (χ4n) is 2.56. The molecular weight excluding hydrogens is 246 g/mol. The maximum atomic E-state index is 5.83. The van der Waals surface area contributed by atoms with Gasteiger partial charge in [0.2, 0.25) is 0 Å². The van der Waals surface area contributed by atoms with Crippen LogP contribution in [0.3, 0.4) is 0 Å². The lowest BCUT2D eigenvalue weighted by Crippen LogP contribution is -2.35. The molecule has 2 rings (SSSR count). The number of fused-ring (bicyclic) bond motifs is 1. The van der Waals surface area contributed by atoms with Gasteiger partial charge in [-0.05, 0) is 30.7 Å². The first-order chi connectivity index (χ1) is 9.54. The summed E-state index contributed by atoms with van der Waals surface area (Å²) < 4.78 is 0. The van der Waals surface area contributed by atoms with Crippen molar-refractivity contribution in [1.82, 2.24) is 4.98 Å². The van der Waals surface area contributed by atoms with Crippen LogP contribution in [0.25, 0.3) is 10.8 Å². The van der Waals surface area contributed by atoms with Gasteiger partial charge in [0.1, 0.15) is 5.82 Å². The van der Waals surface area contributed by atoms with E-state index in [0.717, 1.165) is 17.9 Å². The van der Waals surface area contributed by atoms with E-state index in [-0.39, 0.29) is 0 Å². The molecule has 0 spiro atoms. The van der Waals surface area contributed by atoms with Crippen molar-refractivity contribution in [2.75, 3.05) is 11.4 Å². The lowest BCUT2D eigenvalue weighted by molar-refractivity contribution is 0.567. The molecule has 0 aliphatic carbocycles. The summed E-state index contributed by atoms with van der Waals surface area (Å²) in [7, 11) is 0. The highest BCUT2D eigenvalue weighted by atomic mass is 15.2. The molecule has 3 heteroatoms. The maximum absolute atomic E-state index is 5.83. The second-order valence-electron chi connectivity index (χ2n) is 6.00. The molecule has 0 amide bonds. The monoisotopic (exact) mass is 271 g/mol. The van der Waals surface area contributed by atoms with Gasteiger partial charge in [-0.25, -0.2) is 4.98 Å². The molecule has 1 aromatic carbocycles. The molecule has 0 radical (unpaired) electrons. The van der Waals surface area contributed by atoms with Crippen LogP contribution in [0.15, 0.2) is 30.5 Å². The summed E-state index contributed by atoms with van der Waals surface area (Å²) in [6, 6.07) is 8.84. The molecule has 1 heterocycles. The zero-order valence-electron chi connectivity index (χ0n) is 12.9. The summed E-state index contributed by atoms with van der Waals surface area (Å²) in [6.07, 6.45) is 1.92. The number of aromatic nitrogens is 1. The Morgan fingerprint density at radius 1 is 1.10 bits per heavy atom. The van der Waals surface area contributed by atoms with E-state index in [9.17, 15) is 0 Å². The number of nitrogens with zero attached hydrogens (tertiary/aromatic N) is 2. The van der Waals surface area contributed by atoms with E-state index >= 15 is 0 Å². The number of nitrogens with two attached hydrogens (primary N) is 1. The van der Waals surface area contributed by atoms with Gasteiger partial charge in [0.15, 0.2) is 0 Å². The predicted octanol–water partition coefficient (Wildman–Crippen LogP) is 3.56. The summed E-state index contributed by atoms with van der Waals surface area (Å²) in [5.74, 6) is 1.67. The summed E-state index contributed by atoms with van der Waals surface area (Å²) in [4.78, 5) is 7.08. The van der Waals surface area contributed by atoms with Crippen molar-refractivity contribution in [2.24, 2.45) is 11.7 Å². The van der Waals surface area contributed by atoms with Gasteiger partial charge in [-0.3, -0.25) is 0 Å². The zero-order valence-corrected chi connectivity index (χ0v) is 12.9. The van der Waals surface area contributed by atoms with Gasteiger partial charge in [-0.2, -0.15) is 0 Å². The van der Waals surface area contributed by atoms with Crippen molar-refractivity contribution in [1.29, 1.82) is 0 Å². The predicted molar refractivity (Wildman–Crippen MR) is 87.0 cm³/mol. The fourth-order valence-corrected chi connectivity index (χ4v) is 2.56. The minimum absolute atomic E-state index is 0.428. The van der Waals surface area contributed by atoms with Crippen molar-refractivity contribution < 1.29 is 0 Å². The number of hydrogen-bond donors (Lipinski definition) is 1. The van der Waals surface area contributed by atoms with Crippen molar-refractivity contribution in [3.05, 3.63) is 36.0 Å². The summed E-state index contributed by atoms with van der Waals surface area (Å²) in [5, 5.41) is 2.42. The second-order valence-corrected chi connectivity index (χ2v) is 6.00. The summed E-state index contributed by atoms with van der Waals surface area (Å²) in [5.41, 5.74) is 6.94. The average molecular weight is 271 g/mol. The maximum Gasteiger partial charge on any atom is 0.136 e. The van der Waals surface area contributed by atoms with Crippen molar-refractivity contribution >= 4 is 16.6 Å². The Kier molecular flexibility index (Phi) is 4.61. The lowest BCUT2D eigenvalue weighted by atomic mass is 10.1. The highest BCUT2D eigenvalue weighted by Crippen LogP contribution is 2.28. The molecule has 3 nitrogen and oxygen atoms in total. The molecule has 108 valence electrons. The minimum Gasteiger partial charge on any atom is -0.353 e. The Morgan fingerprint density at radius 2 is 1.75 bits per heavy atom. The van der Waals surface area contributed by atoms with E-state index in [1.807, 2.05) is 6.20 Å². The highest BCUT2D eigenvalue weighted by Gasteiger charge is 2.17. The van der Waals surface area contributed by atoms with E-state index < -0.39 is 0 Å². The molecule has 0 aliphatic rings. The van der Waals surface area contributed by atoms with Crippen LogP contribution in [-0.4, -0.2) is 17.6 Å².